The molecule has 0 aromatic heterocycles. The molecule has 4 nitrogen and oxygen atoms in total. The van der Waals surface area contributed by atoms with Crippen LogP contribution in [-0.2, 0) is 6.54 Å². The number of carbonyl (C=O) groups excluding carboxylic acids is 3. The van der Waals surface area contributed by atoms with Gasteiger partial charge in [-0.1, -0.05) is 18.2 Å². The number of ketones is 1. The first-order chi connectivity index (χ1) is 10.9. The molecule has 0 aliphatic carbocycles. The Kier molecular flexibility index (Phi) is 3.60. The van der Waals surface area contributed by atoms with Crippen LogP contribution >= 0.6 is 0 Å². The van der Waals surface area contributed by atoms with Crippen molar-refractivity contribution in [2.24, 2.45) is 0 Å². The number of hydrogen-bond acceptors (Lipinski definition) is 3. The lowest BCUT2D eigenvalue weighted by Gasteiger charge is -2.17. The number of carbonyl (C=O) groups is 3. The van der Waals surface area contributed by atoms with E-state index in [-0.39, 0.29) is 24.1 Å². The molecule has 4 heteroatoms. The lowest BCUT2D eigenvalue weighted by Crippen LogP contribution is -2.29. The summed E-state index contributed by atoms with van der Waals surface area (Å²) in [5.74, 6) is -0.519. The molecule has 116 valence electrons. The Morgan fingerprint density at radius 2 is 1.52 bits per heavy atom. The van der Waals surface area contributed by atoms with Gasteiger partial charge in [-0.05, 0) is 55.7 Å². The van der Waals surface area contributed by atoms with Crippen molar-refractivity contribution >= 4 is 17.6 Å². The molecule has 2 amide bonds. The normalized spacial score (nSPS) is 13.4. The van der Waals surface area contributed by atoms with E-state index in [0.717, 1.165) is 16.7 Å². The highest BCUT2D eigenvalue weighted by Gasteiger charge is 2.35. The molecule has 23 heavy (non-hydrogen) atoms. The third-order valence-electron chi connectivity index (χ3n) is 4.27. The average molecular weight is 307 g/mol. The molecule has 0 radical (unpaired) electrons. The van der Waals surface area contributed by atoms with Crippen LogP contribution in [0.4, 0.5) is 0 Å². The number of Topliss-reactive ketones (excluding diaryl/α,β-unsaturated/α-hetero) is 1. The van der Waals surface area contributed by atoms with Crippen LogP contribution in [0, 0.1) is 13.8 Å². The Bertz CT molecular complexity index is 817. The van der Waals surface area contributed by atoms with Crippen LogP contribution < -0.4 is 0 Å². The molecule has 0 fully saturated rings. The van der Waals surface area contributed by atoms with Gasteiger partial charge in [0.05, 0.1) is 17.7 Å². The highest BCUT2D eigenvalue weighted by atomic mass is 16.2. The van der Waals surface area contributed by atoms with Gasteiger partial charge in [-0.2, -0.15) is 0 Å². The first kappa shape index (κ1) is 15.2. The number of hydrogen-bond donors (Lipinski definition) is 0. The van der Waals surface area contributed by atoms with Gasteiger partial charge in [-0.15, -0.1) is 0 Å². The van der Waals surface area contributed by atoms with Crippen LogP contribution in [0.25, 0.3) is 0 Å². The van der Waals surface area contributed by atoms with Gasteiger partial charge in [0, 0.05) is 5.56 Å². The van der Waals surface area contributed by atoms with Crippen molar-refractivity contribution in [2.75, 3.05) is 0 Å². The van der Waals surface area contributed by atoms with Crippen LogP contribution in [0.1, 0.15) is 54.7 Å². The third-order valence-corrected chi connectivity index (χ3v) is 4.27. The molecule has 1 aliphatic heterocycles. The van der Waals surface area contributed by atoms with E-state index in [9.17, 15) is 14.4 Å². The van der Waals surface area contributed by atoms with Gasteiger partial charge >= 0.3 is 0 Å². The number of imide groups is 1. The second-order valence-electron chi connectivity index (χ2n) is 5.89. The van der Waals surface area contributed by atoms with Gasteiger partial charge in [0.1, 0.15) is 0 Å². The van der Waals surface area contributed by atoms with E-state index in [0.29, 0.717) is 16.7 Å². The fourth-order valence-corrected chi connectivity index (χ4v) is 2.98. The van der Waals surface area contributed by atoms with E-state index in [1.807, 2.05) is 26.0 Å². The lowest BCUT2D eigenvalue weighted by molar-refractivity contribution is 0.0641. The molecule has 2 aromatic rings. The van der Waals surface area contributed by atoms with Crippen molar-refractivity contribution < 1.29 is 14.4 Å². The van der Waals surface area contributed by atoms with Crippen LogP contribution in [0.5, 0.6) is 0 Å². The zero-order chi connectivity index (χ0) is 16.7. The third kappa shape index (κ3) is 2.46. The van der Waals surface area contributed by atoms with Crippen LogP contribution in [-0.4, -0.2) is 22.5 Å². The summed E-state index contributed by atoms with van der Waals surface area (Å²) in [5, 5.41) is 0. The fourth-order valence-electron chi connectivity index (χ4n) is 2.98. The molecule has 1 aliphatic rings. The molecule has 0 atom stereocenters. The highest BCUT2D eigenvalue weighted by Crippen LogP contribution is 2.26. The summed E-state index contributed by atoms with van der Waals surface area (Å²) >= 11 is 0. The summed E-state index contributed by atoms with van der Waals surface area (Å²) in [6, 6.07) is 10.6. The zero-order valence-corrected chi connectivity index (χ0v) is 13.3. The van der Waals surface area contributed by atoms with Gasteiger partial charge in [0.15, 0.2) is 5.78 Å². The number of nitrogens with zero attached hydrogens (tertiary/aromatic N) is 1. The quantitative estimate of drug-likeness (QED) is 0.646. The molecule has 0 saturated carbocycles. The van der Waals surface area contributed by atoms with Gasteiger partial charge in [0.25, 0.3) is 11.8 Å². The van der Waals surface area contributed by atoms with Crippen LogP contribution in [0.15, 0.2) is 36.4 Å². The van der Waals surface area contributed by atoms with Gasteiger partial charge in [-0.25, -0.2) is 0 Å². The topological polar surface area (TPSA) is 54.5 Å². The summed E-state index contributed by atoms with van der Waals surface area (Å²) < 4.78 is 0. The smallest absolute Gasteiger partial charge is 0.261 e. The minimum atomic E-state index is -0.265. The predicted molar refractivity (Wildman–Crippen MR) is 86.6 cm³/mol. The second-order valence-corrected chi connectivity index (χ2v) is 5.89. The Labute approximate surface area is 134 Å². The number of benzene rings is 2. The maximum absolute atomic E-state index is 12.4. The van der Waals surface area contributed by atoms with Crippen LogP contribution in [0.2, 0.25) is 0 Å². The molecule has 0 bridgehead atoms. The van der Waals surface area contributed by atoms with Gasteiger partial charge < -0.3 is 0 Å². The molecule has 0 spiro atoms. The van der Waals surface area contributed by atoms with E-state index in [1.54, 1.807) is 24.3 Å². The van der Waals surface area contributed by atoms with Gasteiger partial charge in [-0.3, -0.25) is 19.3 Å². The number of aryl methyl sites for hydroxylation is 2. The molecule has 1 heterocycles. The molecule has 0 N–H and O–H groups in total. The lowest BCUT2D eigenvalue weighted by atomic mass is 9.97. The average Bonchev–Trinajstić information content (AvgIpc) is 2.76. The first-order valence-corrected chi connectivity index (χ1v) is 7.46. The van der Waals surface area contributed by atoms with Crippen molar-refractivity contribution in [3.05, 3.63) is 69.8 Å². The van der Waals surface area contributed by atoms with E-state index < -0.39 is 0 Å². The Morgan fingerprint density at radius 1 is 0.957 bits per heavy atom. The summed E-state index contributed by atoms with van der Waals surface area (Å²) in [4.78, 5) is 37.7. The molecule has 0 unspecified atom stereocenters. The SMILES string of the molecule is CC(=O)c1cc(C)c(CN2C(=O)c3ccccc3C2=O)cc1C. The van der Waals surface area contributed by atoms with Crippen molar-refractivity contribution in [3.8, 4) is 0 Å². The largest absolute Gasteiger partial charge is 0.295 e. The molecule has 3 rings (SSSR count). The Balaban J connectivity index is 1.95. The zero-order valence-electron chi connectivity index (χ0n) is 13.3. The minimum Gasteiger partial charge on any atom is -0.295 e. The molecule has 0 saturated heterocycles. The van der Waals surface area contributed by atoms with Crippen LogP contribution in [0.3, 0.4) is 0 Å². The van der Waals surface area contributed by atoms with E-state index in [1.165, 1.54) is 11.8 Å². The fraction of sp³-hybridized carbons (Fsp3) is 0.211. The molecule has 2 aromatic carbocycles. The van der Waals surface area contributed by atoms with Crippen molar-refractivity contribution in [1.82, 2.24) is 4.90 Å². The van der Waals surface area contributed by atoms with Gasteiger partial charge in [0.2, 0.25) is 0 Å². The number of rotatable bonds is 3. The molecular weight excluding hydrogens is 290 g/mol. The Morgan fingerprint density at radius 3 is 2.04 bits per heavy atom. The van der Waals surface area contributed by atoms with E-state index in [2.05, 4.69) is 0 Å². The summed E-state index contributed by atoms with van der Waals surface area (Å²) in [6.07, 6.45) is 0. The Hall–Kier alpha value is -2.75. The summed E-state index contributed by atoms with van der Waals surface area (Å²) in [7, 11) is 0. The second kappa shape index (κ2) is 5.47. The monoisotopic (exact) mass is 307 g/mol. The molecular formula is C19H17NO3. The maximum atomic E-state index is 12.4. The standard InChI is InChI=1S/C19H17NO3/c1-11-9-17(13(3)21)12(2)8-14(11)10-20-18(22)15-6-4-5-7-16(15)19(20)23/h4-9H,10H2,1-3H3. The summed E-state index contributed by atoms with van der Waals surface area (Å²) in [6.45, 7) is 5.50. The van der Waals surface area contributed by atoms with Crippen molar-refractivity contribution in [1.29, 1.82) is 0 Å². The van der Waals surface area contributed by atoms with Crippen molar-refractivity contribution in [2.45, 2.75) is 27.3 Å². The first-order valence-electron chi connectivity index (χ1n) is 7.46. The van der Waals surface area contributed by atoms with Crippen molar-refractivity contribution in [3.63, 3.8) is 0 Å². The maximum Gasteiger partial charge on any atom is 0.261 e. The van der Waals surface area contributed by atoms with E-state index >= 15 is 0 Å². The minimum absolute atomic E-state index is 0.0119. The summed E-state index contributed by atoms with van der Waals surface area (Å²) in [5.41, 5.74) is 4.21. The number of fused-ring (bicyclic) bond motifs is 1. The predicted octanol–water partition coefficient (Wildman–Crippen LogP) is 3.30. The van der Waals surface area contributed by atoms with E-state index in [4.69, 9.17) is 0 Å². The number of amides is 2. The highest BCUT2D eigenvalue weighted by molar-refractivity contribution is 6.21.